The van der Waals surface area contributed by atoms with E-state index < -0.39 is 0 Å². The van der Waals surface area contributed by atoms with Gasteiger partial charge in [0, 0.05) is 24.8 Å². The van der Waals surface area contributed by atoms with Crippen LogP contribution in [0.15, 0.2) is 24.3 Å². The highest BCUT2D eigenvalue weighted by Crippen LogP contribution is 2.26. The van der Waals surface area contributed by atoms with Crippen molar-refractivity contribution in [2.45, 2.75) is 26.3 Å². The molecule has 0 saturated heterocycles. The minimum atomic E-state index is 0.342. The first-order valence-electron chi connectivity index (χ1n) is 6.16. The fourth-order valence-electron chi connectivity index (χ4n) is 2.04. The van der Waals surface area contributed by atoms with Crippen molar-refractivity contribution in [3.05, 3.63) is 34.9 Å². The fraction of sp³-hybridized carbons (Fsp3) is 0.571. The minimum Gasteiger partial charge on any atom is -0.385 e. The predicted octanol–water partition coefficient (Wildman–Crippen LogP) is 3.66. The van der Waals surface area contributed by atoms with E-state index in [1.165, 1.54) is 5.56 Å². The van der Waals surface area contributed by atoms with Crippen molar-refractivity contribution in [3.8, 4) is 0 Å². The highest BCUT2D eigenvalue weighted by atomic mass is 35.5. The second-order valence-electron chi connectivity index (χ2n) is 4.35. The third kappa shape index (κ3) is 4.66. The molecule has 0 heterocycles. The number of halogens is 1. The maximum Gasteiger partial charge on any atom is 0.0465 e. The topological polar surface area (TPSA) is 21.3 Å². The molecule has 0 radical (unpaired) electrons. The van der Waals surface area contributed by atoms with E-state index in [1.54, 1.807) is 7.11 Å². The molecule has 3 heteroatoms. The van der Waals surface area contributed by atoms with Crippen molar-refractivity contribution in [2.24, 2.45) is 5.92 Å². The molecule has 0 aliphatic rings. The molecule has 2 nitrogen and oxygen atoms in total. The summed E-state index contributed by atoms with van der Waals surface area (Å²) < 4.78 is 5.15. The van der Waals surface area contributed by atoms with Crippen LogP contribution in [0.1, 0.15) is 31.9 Å². The van der Waals surface area contributed by atoms with E-state index in [2.05, 4.69) is 25.2 Å². The van der Waals surface area contributed by atoms with Gasteiger partial charge in [-0.1, -0.05) is 37.6 Å². The van der Waals surface area contributed by atoms with Crippen LogP contribution in [-0.2, 0) is 4.74 Å². The van der Waals surface area contributed by atoms with E-state index in [-0.39, 0.29) is 0 Å². The number of hydrogen-bond donors (Lipinski definition) is 1. The van der Waals surface area contributed by atoms with Gasteiger partial charge in [-0.05, 0) is 36.6 Å². The molecule has 0 fully saturated rings. The van der Waals surface area contributed by atoms with Gasteiger partial charge in [0.05, 0.1) is 0 Å². The maximum absolute atomic E-state index is 6.05. The van der Waals surface area contributed by atoms with Crippen LogP contribution in [-0.4, -0.2) is 20.3 Å². The first-order valence-corrected chi connectivity index (χ1v) is 6.54. The summed E-state index contributed by atoms with van der Waals surface area (Å²) in [5.74, 6) is 0.522. The lowest BCUT2D eigenvalue weighted by atomic mass is 9.92. The van der Waals surface area contributed by atoms with Gasteiger partial charge in [0.1, 0.15) is 0 Å². The van der Waals surface area contributed by atoms with Gasteiger partial charge in [0.15, 0.2) is 0 Å². The normalized spacial score (nSPS) is 14.6. The molecule has 0 saturated carbocycles. The van der Waals surface area contributed by atoms with Crippen LogP contribution in [0.5, 0.6) is 0 Å². The van der Waals surface area contributed by atoms with Gasteiger partial charge in [0.2, 0.25) is 0 Å². The molecule has 2 atom stereocenters. The van der Waals surface area contributed by atoms with Crippen molar-refractivity contribution >= 4 is 11.6 Å². The molecule has 0 bridgehead atoms. The first kappa shape index (κ1) is 14.5. The summed E-state index contributed by atoms with van der Waals surface area (Å²) in [6.07, 6.45) is 1.04. The smallest absolute Gasteiger partial charge is 0.0465 e. The Bertz CT molecular complexity index is 330. The average Bonchev–Trinajstić information content (AvgIpc) is 2.33. The summed E-state index contributed by atoms with van der Waals surface area (Å²) in [6.45, 7) is 6.12. The standard InChI is InChI=1S/C14H22ClNO/c1-4-16-14(11(2)8-9-17-3)12-6-5-7-13(15)10-12/h5-7,10-11,14,16H,4,8-9H2,1-3H3. The largest absolute Gasteiger partial charge is 0.385 e. The van der Waals surface area contributed by atoms with E-state index in [4.69, 9.17) is 16.3 Å². The Hall–Kier alpha value is -0.570. The second-order valence-corrected chi connectivity index (χ2v) is 4.79. The Balaban J connectivity index is 2.77. The summed E-state index contributed by atoms with van der Waals surface area (Å²) in [5.41, 5.74) is 1.25. The third-order valence-electron chi connectivity index (χ3n) is 2.98. The molecular formula is C14H22ClNO. The van der Waals surface area contributed by atoms with Crippen LogP contribution in [0.3, 0.4) is 0 Å². The number of nitrogens with one attached hydrogen (secondary N) is 1. The van der Waals surface area contributed by atoms with Crippen LogP contribution in [0.4, 0.5) is 0 Å². The summed E-state index contributed by atoms with van der Waals surface area (Å²) in [4.78, 5) is 0. The SMILES string of the molecule is CCNC(c1cccc(Cl)c1)C(C)CCOC. The monoisotopic (exact) mass is 255 g/mol. The van der Waals surface area contributed by atoms with Gasteiger partial charge in [-0.2, -0.15) is 0 Å². The van der Waals surface area contributed by atoms with Crippen LogP contribution in [0.25, 0.3) is 0 Å². The summed E-state index contributed by atoms with van der Waals surface area (Å²) in [5, 5.41) is 4.32. The van der Waals surface area contributed by atoms with Crippen molar-refractivity contribution in [1.29, 1.82) is 0 Å². The maximum atomic E-state index is 6.05. The number of ether oxygens (including phenoxy) is 1. The van der Waals surface area contributed by atoms with Crippen molar-refractivity contribution in [2.75, 3.05) is 20.3 Å². The molecule has 0 spiro atoms. The van der Waals surface area contributed by atoms with Gasteiger partial charge in [-0.25, -0.2) is 0 Å². The summed E-state index contributed by atoms with van der Waals surface area (Å²) in [6, 6.07) is 8.42. The first-order chi connectivity index (χ1) is 8.19. The molecule has 0 aromatic heterocycles. The lowest BCUT2D eigenvalue weighted by Crippen LogP contribution is -2.27. The minimum absolute atomic E-state index is 0.342. The molecule has 0 amide bonds. The summed E-state index contributed by atoms with van der Waals surface area (Å²) in [7, 11) is 1.74. The van der Waals surface area contributed by atoms with E-state index in [9.17, 15) is 0 Å². The molecule has 96 valence electrons. The molecule has 0 aliphatic carbocycles. The quantitative estimate of drug-likeness (QED) is 0.803. The van der Waals surface area contributed by atoms with Gasteiger partial charge >= 0.3 is 0 Å². The van der Waals surface area contributed by atoms with Crippen LogP contribution >= 0.6 is 11.6 Å². The molecule has 2 unspecified atom stereocenters. The van der Waals surface area contributed by atoms with Crippen LogP contribution in [0.2, 0.25) is 5.02 Å². The Kier molecular flexibility index (Phi) is 6.56. The fourth-order valence-corrected chi connectivity index (χ4v) is 2.24. The van der Waals surface area contributed by atoms with E-state index in [0.717, 1.165) is 24.6 Å². The van der Waals surface area contributed by atoms with Gasteiger partial charge in [-0.15, -0.1) is 0 Å². The van der Waals surface area contributed by atoms with Crippen molar-refractivity contribution in [3.63, 3.8) is 0 Å². The number of methoxy groups -OCH3 is 1. The van der Waals surface area contributed by atoms with Crippen LogP contribution < -0.4 is 5.32 Å². The third-order valence-corrected chi connectivity index (χ3v) is 3.21. The van der Waals surface area contributed by atoms with Gasteiger partial charge in [-0.3, -0.25) is 0 Å². The molecule has 1 aromatic carbocycles. The van der Waals surface area contributed by atoms with E-state index in [0.29, 0.717) is 12.0 Å². The molecule has 0 aliphatic heterocycles. The lowest BCUT2D eigenvalue weighted by Gasteiger charge is -2.25. The lowest BCUT2D eigenvalue weighted by molar-refractivity contribution is 0.170. The van der Waals surface area contributed by atoms with Gasteiger partial charge in [0.25, 0.3) is 0 Å². The van der Waals surface area contributed by atoms with Crippen molar-refractivity contribution in [1.82, 2.24) is 5.32 Å². The molecule has 1 aromatic rings. The Morgan fingerprint density at radius 2 is 2.18 bits per heavy atom. The van der Waals surface area contributed by atoms with Gasteiger partial charge < -0.3 is 10.1 Å². The highest BCUT2D eigenvalue weighted by molar-refractivity contribution is 6.30. The Labute approximate surface area is 109 Å². The van der Waals surface area contributed by atoms with E-state index in [1.807, 2.05) is 18.2 Å². The Morgan fingerprint density at radius 3 is 2.76 bits per heavy atom. The van der Waals surface area contributed by atoms with Crippen LogP contribution in [0, 0.1) is 5.92 Å². The zero-order chi connectivity index (χ0) is 12.7. The average molecular weight is 256 g/mol. The number of rotatable bonds is 7. The Morgan fingerprint density at radius 1 is 1.41 bits per heavy atom. The predicted molar refractivity (Wildman–Crippen MR) is 73.5 cm³/mol. The van der Waals surface area contributed by atoms with Crippen molar-refractivity contribution < 1.29 is 4.74 Å². The molecule has 17 heavy (non-hydrogen) atoms. The zero-order valence-corrected chi connectivity index (χ0v) is 11.6. The molecule has 1 rings (SSSR count). The zero-order valence-electron chi connectivity index (χ0n) is 10.9. The number of hydrogen-bond acceptors (Lipinski definition) is 2. The second kappa shape index (κ2) is 7.70. The number of benzene rings is 1. The summed E-state index contributed by atoms with van der Waals surface area (Å²) >= 11 is 6.05. The van der Waals surface area contributed by atoms with E-state index >= 15 is 0 Å². The highest BCUT2D eigenvalue weighted by Gasteiger charge is 2.18. The molecular weight excluding hydrogens is 234 g/mol. The molecule has 1 N–H and O–H groups in total.